The Labute approximate surface area is 103 Å². The molecule has 1 heterocycles. The van der Waals surface area contributed by atoms with E-state index in [-0.39, 0.29) is 0 Å². The van der Waals surface area contributed by atoms with E-state index in [2.05, 4.69) is 4.98 Å². The number of pyridine rings is 1. The summed E-state index contributed by atoms with van der Waals surface area (Å²) in [4.78, 5) is 3.43. The summed E-state index contributed by atoms with van der Waals surface area (Å²) in [7, 11) is 1.47. The fourth-order valence-corrected chi connectivity index (χ4v) is 1.40. The lowest BCUT2D eigenvalue weighted by Gasteiger charge is -2.10. The lowest BCUT2D eigenvalue weighted by atomic mass is 10.2. The quantitative estimate of drug-likeness (QED) is 0.779. The van der Waals surface area contributed by atoms with Crippen molar-refractivity contribution in [3.8, 4) is 23.3 Å². The van der Waals surface area contributed by atoms with E-state index in [1.54, 1.807) is 18.2 Å². The first-order valence-electron chi connectivity index (χ1n) is 5.10. The first kappa shape index (κ1) is 11.9. The number of hydrogen-bond donors (Lipinski definition) is 0. The predicted molar refractivity (Wildman–Crippen MR) is 62.0 cm³/mol. The Balaban J connectivity index is 2.32. The lowest BCUT2D eigenvalue weighted by Crippen LogP contribution is -1.92. The van der Waals surface area contributed by atoms with Gasteiger partial charge in [-0.2, -0.15) is 9.65 Å². The Morgan fingerprint density at radius 1 is 1.22 bits per heavy atom. The van der Waals surface area contributed by atoms with Crippen LogP contribution in [0.4, 0.5) is 4.39 Å². The molecule has 0 spiro atoms. The monoisotopic (exact) mass is 244 g/mol. The predicted octanol–water partition coefficient (Wildman–Crippen LogP) is 2.89. The third-order valence-corrected chi connectivity index (χ3v) is 2.22. The summed E-state index contributed by atoms with van der Waals surface area (Å²) in [6, 6.07) is 9.42. The van der Waals surface area contributed by atoms with Crippen molar-refractivity contribution in [3.63, 3.8) is 0 Å². The summed E-state index contributed by atoms with van der Waals surface area (Å²) in [6.45, 7) is 0. The molecule has 1 aromatic carbocycles. The van der Waals surface area contributed by atoms with E-state index in [9.17, 15) is 4.39 Å². The molecule has 0 N–H and O–H groups in total. The molecule has 2 aromatic rings. The van der Waals surface area contributed by atoms with E-state index in [4.69, 9.17) is 14.7 Å². The van der Waals surface area contributed by atoms with Crippen molar-refractivity contribution in [2.75, 3.05) is 7.11 Å². The average Bonchev–Trinajstić information content (AvgIpc) is 2.39. The van der Waals surface area contributed by atoms with Gasteiger partial charge in [0.25, 0.3) is 0 Å². The standard InChI is InChI=1S/C13H9FN2O2/c1-17-12-6-9(8-15)2-3-11(12)18-10-4-5-16-13(14)7-10/h2-7H,1H3. The maximum absolute atomic E-state index is 12.9. The smallest absolute Gasteiger partial charge is 0.216 e. The van der Waals surface area contributed by atoms with Gasteiger partial charge in [0.1, 0.15) is 5.75 Å². The molecule has 0 aliphatic rings. The fourth-order valence-electron chi connectivity index (χ4n) is 1.40. The Hall–Kier alpha value is -2.61. The second kappa shape index (κ2) is 5.15. The molecule has 0 saturated carbocycles. The summed E-state index contributed by atoms with van der Waals surface area (Å²) < 4.78 is 23.5. The first-order chi connectivity index (χ1) is 8.72. The number of nitriles is 1. The zero-order valence-corrected chi connectivity index (χ0v) is 9.55. The van der Waals surface area contributed by atoms with Crippen molar-refractivity contribution in [1.82, 2.24) is 4.98 Å². The summed E-state index contributed by atoms with van der Waals surface area (Å²) in [5.74, 6) is 0.499. The van der Waals surface area contributed by atoms with Crippen LogP contribution >= 0.6 is 0 Å². The maximum Gasteiger partial charge on any atom is 0.216 e. The molecule has 0 bridgehead atoms. The molecule has 0 radical (unpaired) electrons. The molecule has 0 saturated heterocycles. The average molecular weight is 244 g/mol. The number of aromatic nitrogens is 1. The van der Waals surface area contributed by atoms with E-state index in [1.165, 1.54) is 19.4 Å². The number of ether oxygens (including phenoxy) is 2. The van der Waals surface area contributed by atoms with Crippen LogP contribution in [0.5, 0.6) is 17.2 Å². The van der Waals surface area contributed by atoms with Crippen LogP contribution in [-0.4, -0.2) is 12.1 Å². The highest BCUT2D eigenvalue weighted by molar-refractivity contribution is 5.48. The van der Waals surface area contributed by atoms with Crippen molar-refractivity contribution < 1.29 is 13.9 Å². The van der Waals surface area contributed by atoms with Crippen LogP contribution in [0.25, 0.3) is 0 Å². The maximum atomic E-state index is 12.9. The van der Waals surface area contributed by atoms with E-state index in [0.717, 1.165) is 6.07 Å². The third kappa shape index (κ3) is 2.55. The number of methoxy groups -OCH3 is 1. The van der Waals surface area contributed by atoms with E-state index in [1.807, 2.05) is 6.07 Å². The lowest BCUT2D eigenvalue weighted by molar-refractivity contribution is 0.377. The highest BCUT2D eigenvalue weighted by Crippen LogP contribution is 2.32. The number of halogens is 1. The van der Waals surface area contributed by atoms with Gasteiger partial charge in [0.2, 0.25) is 5.95 Å². The van der Waals surface area contributed by atoms with Crippen LogP contribution in [0.1, 0.15) is 5.56 Å². The Kier molecular flexibility index (Phi) is 3.39. The molecule has 0 unspecified atom stereocenters. The Morgan fingerprint density at radius 2 is 2.06 bits per heavy atom. The van der Waals surface area contributed by atoms with Gasteiger partial charge in [-0.25, -0.2) is 4.98 Å². The minimum Gasteiger partial charge on any atom is -0.493 e. The summed E-state index contributed by atoms with van der Waals surface area (Å²) in [5, 5.41) is 8.77. The minimum atomic E-state index is -0.625. The van der Waals surface area contributed by atoms with E-state index in [0.29, 0.717) is 22.8 Å². The van der Waals surface area contributed by atoms with Gasteiger partial charge >= 0.3 is 0 Å². The normalized spacial score (nSPS) is 9.61. The largest absolute Gasteiger partial charge is 0.493 e. The van der Waals surface area contributed by atoms with Crippen LogP contribution in [0.15, 0.2) is 36.5 Å². The van der Waals surface area contributed by atoms with Gasteiger partial charge in [-0.15, -0.1) is 0 Å². The number of benzene rings is 1. The van der Waals surface area contributed by atoms with E-state index < -0.39 is 5.95 Å². The molecular formula is C13H9FN2O2. The zero-order valence-electron chi connectivity index (χ0n) is 9.55. The Bertz CT molecular complexity index is 608. The summed E-state index contributed by atoms with van der Waals surface area (Å²) >= 11 is 0. The summed E-state index contributed by atoms with van der Waals surface area (Å²) in [5.41, 5.74) is 0.458. The van der Waals surface area contributed by atoms with Crippen LogP contribution in [0.2, 0.25) is 0 Å². The van der Waals surface area contributed by atoms with Gasteiger partial charge in [0, 0.05) is 18.3 Å². The van der Waals surface area contributed by atoms with Crippen LogP contribution in [0.3, 0.4) is 0 Å². The topological polar surface area (TPSA) is 55.1 Å². The van der Waals surface area contributed by atoms with Crippen LogP contribution < -0.4 is 9.47 Å². The minimum absolute atomic E-state index is 0.311. The highest BCUT2D eigenvalue weighted by atomic mass is 19.1. The molecule has 90 valence electrons. The zero-order chi connectivity index (χ0) is 13.0. The number of rotatable bonds is 3. The van der Waals surface area contributed by atoms with Crippen molar-refractivity contribution >= 4 is 0 Å². The second-order valence-corrected chi connectivity index (χ2v) is 3.39. The molecule has 0 amide bonds. The van der Waals surface area contributed by atoms with Gasteiger partial charge in [-0.3, -0.25) is 0 Å². The highest BCUT2D eigenvalue weighted by Gasteiger charge is 2.07. The molecular weight excluding hydrogens is 235 g/mol. The van der Waals surface area contributed by atoms with Crippen molar-refractivity contribution in [2.45, 2.75) is 0 Å². The van der Waals surface area contributed by atoms with Gasteiger partial charge in [0.05, 0.1) is 18.7 Å². The van der Waals surface area contributed by atoms with Gasteiger partial charge in [-0.1, -0.05) is 0 Å². The molecule has 5 heteroatoms. The molecule has 2 rings (SSSR count). The first-order valence-corrected chi connectivity index (χ1v) is 5.10. The van der Waals surface area contributed by atoms with Gasteiger partial charge < -0.3 is 9.47 Å². The van der Waals surface area contributed by atoms with Crippen LogP contribution in [-0.2, 0) is 0 Å². The van der Waals surface area contributed by atoms with Gasteiger partial charge in [-0.05, 0) is 18.2 Å². The Morgan fingerprint density at radius 3 is 2.72 bits per heavy atom. The van der Waals surface area contributed by atoms with Crippen molar-refractivity contribution in [2.24, 2.45) is 0 Å². The third-order valence-electron chi connectivity index (χ3n) is 2.22. The summed E-state index contributed by atoms with van der Waals surface area (Å²) in [6.07, 6.45) is 1.31. The molecule has 0 aliphatic carbocycles. The number of hydrogen-bond acceptors (Lipinski definition) is 4. The van der Waals surface area contributed by atoms with Crippen molar-refractivity contribution in [1.29, 1.82) is 5.26 Å². The molecule has 1 aromatic heterocycles. The SMILES string of the molecule is COc1cc(C#N)ccc1Oc1ccnc(F)c1. The van der Waals surface area contributed by atoms with Crippen molar-refractivity contribution in [3.05, 3.63) is 48.0 Å². The van der Waals surface area contributed by atoms with Gasteiger partial charge in [0.15, 0.2) is 11.5 Å². The fraction of sp³-hybridized carbons (Fsp3) is 0.0769. The second-order valence-electron chi connectivity index (χ2n) is 3.39. The molecule has 0 aliphatic heterocycles. The van der Waals surface area contributed by atoms with E-state index >= 15 is 0 Å². The molecule has 0 fully saturated rings. The molecule has 0 atom stereocenters. The molecule has 4 nitrogen and oxygen atoms in total. The number of nitrogens with zero attached hydrogens (tertiary/aromatic N) is 2. The van der Waals surface area contributed by atoms with Crippen LogP contribution in [0, 0.1) is 17.3 Å². The molecule has 18 heavy (non-hydrogen) atoms.